The zero-order valence-electron chi connectivity index (χ0n) is 10.4. The van der Waals surface area contributed by atoms with Crippen molar-refractivity contribution in [2.45, 2.75) is 6.92 Å². The Kier molecular flexibility index (Phi) is 3.17. The van der Waals surface area contributed by atoms with Gasteiger partial charge in [-0.3, -0.25) is 0 Å². The smallest absolute Gasteiger partial charge is 0.113 e. The lowest BCUT2D eigenvalue weighted by Gasteiger charge is -2.04. The molecule has 0 aliphatic heterocycles. The van der Waals surface area contributed by atoms with Gasteiger partial charge in [-0.25, -0.2) is 0 Å². The highest BCUT2D eigenvalue weighted by atomic mass is 79.9. The predicted octanol–water partition coefficient (Wildman–Crippen LogP) is 4.22. The molecule has 3 aromatic rings. The van der Waals surface area contributed by atoms with Crippen molar-refractivity contribution in [2.75, 3.05) is 0 Å². The number of hydrogen-bond donors (Lipinski definition) is 0. The van der Waals surface area contributed by atoms with Gasteiger partial charge in [0, 0.05) is 4.47 Å². The molecule has 3 rings (SSSR count). The molecule has 0 amide bonds. The van der Waals surface area contributed by atoms with Gasteiger partial charge in [-0.1, -0.05) is 30.4 Å². The summed E-state index contributed by atoms with van der Waals surface area (Å²) in [4.78, 5) is 1.67. The first-order chi connectivity index (χ1) is 9.28. The van der Waals surface area contributed by atoms with Crippen molar-refractivity contribution >= 4 is 33.0 Å². The molecule has 0 saturated carbocycles. The first kappa shape index (κ1) is 12.1. The zero-order chi connectivity index (χ0) is 13.2. The fraction of sp³-hybridized carbons (Fsp3) is 0.0667. The van der Waals surface area contributed by atoms with Crippen LogP contribution in [-0.4, -0.2) is 15.0 Å². The van der Waals surface area contributed by atoms with Crippen LogP contribution in [0.1, 0.15) is 12.5 Å². The summed E-state index contributed by atoms with van der Waals surface area (Å²) in [5.41, 5.74) is 3.85. The summed E-state index contributed by atoms with van der Waals surface area (Å²) < 4.78 is 0.973. The van der Waals surface area contributed by atoms with Crippen molar-refractivity contribution in [3.63, 3.8) is 0 Å². The van der Waals surface area contributed by atoms with Gasteiger partial charge in [0.2, 0.25) is 0 Å². The van der Waals surface area contributed by atoms with Crippen LogP contribution in [0.4, 0.5) is 0 Å². The van der Waals surface area contributed by atoms with Gasteiger partial charge in [-0.15, -0.1) is 15.0 Å². The summed E-state index contributed by atoms with van der Waals surface area (Å²) in [6, 6.07) is 14.0. The van der Waals surface area contributed by atoms with Crippen molar-refractivity contribution in [1.29, 1.82) is 0 Å². The lowest BCUT2D eigenvalue weighted by atomic mass is 10.2. The van der Waals surface area contributed by atoms with Gasteiger partial charge in [0.25, 0.3) is 0 Å². The number of rotatable bonds is 2. The van der Waals surface area contributed by atoms with Crippen LogP contribution in [-0.2, 0) is 0 Å². The van der Waals surface area contributed by atoms with Crippen LogP contribution in [0.5, 0.6) is 0 Å². The minimum Gasteiger partial charge on any atom is -0.149 e. The molecule has 0 bridgehead atoms. The second kappa shape index (κ2) is 4.97. The van der Waals surface area contributed by atoms with Crippen molar-refractivity contribution < 1.29 is 0 Å². The number of aromatic nitrogens is 3. The highest BCUT2D eigenvalue weighted by Crippen LogP contribution is 2.23. The van der Waals surface area contributed by atoms with E-state index >= 15 is 0 Å². The second-order valence-electron chi connectivity index (χ2n) is 4.19. The van der Waals surface area contributed by atoms with Crippen LogP contribution >= 0.6 is 15.9 Å². The molecule has 1 heterocycles. The fourth-order valence-corrected chi connectivity index (χ4v) is 2.35. The fourth-order valence-electron chi connectivity index (χ4n) is 1.95. The van der Waals surface area contributed by atoms with Crippen LogP contribution in [0.2, 0.25) is 0 Å². The Morgan fingerprint density at radius 2 is 1.74 bits per heavy atom. The van der Waals surface area contributed by atoms with Gasteiger partial charge in [-0.05, 0) is 52.7 Å². The minimum atomic E-state index is 0.894. The number of nitrogens with zero attached hydrogens (tertiary/aromatic N) is 3. The molecule has 2 aromatic carbocycles. The standard InChI is InChI=1S/C15H12BrN3/c1-2-5-11-8-9-12(16)15(10-11)19-17-13-6-3-4-7-14(13)18-19/h2-10H,1H3. The highest BCUT2D eigenvalue weighted by molar-refractivity contribution is 9.10. The maximum Gasteiger partial charge on any atom is 0.113 e. The molecule has 0 aliphatic carbocycles. The van der Waals surface area contributed by atoms with Gasteiger partial charge < -0.3 is 0 Å². The van der Waals surface area contributed by atoms with E-state index in [4.69, 9.17) is 0 Å². The van der Waals surface area contributed by atoms with Crippen LogP contribution in [0, 0.1) is 0 Å². The van der Waals surface area contributed by atoms with Gasteiger partial charge in [0.1, 0.15) is 16.7 Å². The van der Waals surface area contributed by atoms with Crippen molar-refractivity contribution in [3.05, 3.63) is 58.6 Å². The van der Waals surface area contributed by atoms with Gasteiger partial charge in [0.15, 0.2) is 0 Å². The number of benzene rings is 2. The summed E-state index contributed by atoms with van der Waals surface area (Å²) >= 11 is 3.55. The van der Waals surface area contributed by atoms with Crippen molar-refractivity contribution in [3.8, 4) is 5.69 Å². The van der Waals surface area contributed by atoms with E-state index < -0.39 is 0 Å². The predicted molar refractivity (Wildman–Crippen MR) is 81.3 cm³/mol. The van der Waals surface area contributed by atoms with Crippen LogP contribution in [0.3, 0.4) is 0 Å². The molecular weight excluding hydrogens is 302 g/mol. The van der Waals surface area contributed by atoms with Crippen molar-refractivity contribution in [1.82, 2.24) is 15.0 Å². The highest BCUT2D eigenvalue weighted by Gasteiger charge is 2.07. The Bertz CT molecular complexity index is 726. The molecule has 0 N–H and O–H groups in total. The number of hydrogen-bond acceptors (Lipinski definition) is 2. The van der Waals surface area contributed by atoms with Gasteiger partial charge in [0.05, 0.1) is 0 Å². The molecule has 0 fully saturated rings. The lowest BCUT2D eigenvalue weighted by Crippen LogP contribution is -2.00. The van der Waals surface area contributed by atoms with Crippen molar-refractivity contribution in [2.24, 2.45) is 0 Å². The molecule has 19 heavy (non-hydrogen) atoms. The Balaban J connectivity index is 2.17. The van der Waals surface area contributed by atoms with E-state index in [1.807, 2.05) is 43.3 Å². The SMILES string of the molecule is CC=Cc1ccc(Br)c(-n2nc3ccccc3n2)c1. The maximum atomic E-state index is 4.50. The van der Waals surface area contributed by atoms with E-state index in [1.54, 1.807) is 4.80 Å². The summed E-state index contributed by atoms with van der Waals surface area (Å²) in [5.74, 6) is 0. The third-order valence-electron chi connectivity index (χ3n) is 2.83. The summed E-state index contributed by atoms with van der Waals surface area (Å²) in [6.45, 7) is 2.00. The van der Waals surface area contributed by atoms with Crippen LogP contribution in [0.25, 0.3) is 22.8 Å². The Morgan fingerprint density at radius 3 is 2.37 bits per heavy atom. The number of halogens is 1. The van der Waals surface area contributed by atoms with E-state index in [1.165, 1.54) is 0 Å². The summed E-state index contributed by atoms with van der Waals surface area (Å²) in [6.07, 6.45) is 4.07. The third-order valence-corrected chi connectivity index (χ3v) is 3.50. The lowest BCUT2D eigenvalue weighted by molar-refractivity contribution is 0.762. The molecular formula is C15H12BrN3. The third kappa shape index (κ3) is 2.31. The Hall–Kier alpha value is -1.94. The molecule has 1 aromatic heterocycles. The van der Waals surface area contributed by atoms with Crippen LogP contribution < -0.4 is 0 Å². The minimum absolute atomic E-state index is 0.894. The first-order valence-electron chi connectivity index (χ1n) is 6.02. The van der Waals surface area contributed by atoms with E-state index in [9.17, 15) is 0 Å². The average molecular weight is 314 g/mol. The normalized spacial score (nSPS) is 11.5. The van der Waals surface area contributed by atoms with E-state index in [2.05, 4.69) is 44.3 Å². The largest absolute Gasteiger partial charge is 0.149 e. The zero-order valence-corrected chi connectivity index (χ0v) is 12.0. The van der Waals surface area contributed by atoms with E-state index in [0.29, 0.717) is 0 Å². The Labute approximate surface area is 119 Å². The Morgan fingerprint density at radius 1 is 1.05 bits per heavy atom. The number of allylic oxidation sites excluding steroid dienone is 1. The van der Waals surface area contributed by atoms with Gasteiger partial charge in [-0.2, -0.15) is 0 Å². The topological polar surface area (TPSA) is 30.7 Å². The molecule has 4 heteroatoms. The molecule has 0 spiro atoms. The quantitative estimate of drug-likeness (QED) is 0.709. The molecule has 0 saturated heterocycles. The summed E-state index contributed by atoms with van der Waals surface area (Å²) in [5, 5.41) is 8.99. The summed E-state index contributed by atoms with van der Waals surface area (Å²) in [7, 11) is 0. The maximum absolute atomic E-state index is 4.50. The number of fused-ring (bicyclic) bond motifs is 1. The molecule has 0 radical (unpaired) electrons. The van der Waals surface area contributed by atoms with Gasteiger partial charge >= 0.3 is 0 Å². The first-order valence-corrected chi connectivity index (χ1v) is 6.82. The monoisotopic (exact) mass is 313 g/mol. The van der Waals surface area contributed by atoms with E-state index in [0.717, 1.165) is 26.8 Å². The average Bonchev–Trinajstić information content (AvgIpc) is 2.85. The molecule has 94 valence electrons. The van der Waals surface area contributed by atoms with E-state index in [-0.39, 0.29) is 0 Å². The second-order valence-corrected chi connectivity index (χ2v) is 5.04. The molecule has 0 aliphatic rings. The van der Waals surface area contributed by atoms with Crippen LogP contribution in [0.15, 0.2) is 53.0 Å². The molecule has 0 atom stereocenters. The molecule has 3 nitrogen and oxygen atoms in total. The molecule has 0 unspecified atom stereocenters.